The summed E-state index contributed by atoms with van der Waals surface area (Å²) in [5.41, 5.74) is 4.07. The minimum absolute atomic E-state index is 0.444. The van der Waals surface area contributed by atoms with Crippen LogP contribution in [0, 0.1) is 21.4 Å². The Morgan fingerprint density at radius 1 is 1.91 bits per heavy atom. The van der Waals surface area contributed by atoms with Crippen LogP contribution in [0.15, 0.2) is 16.4 Å². The van der Waals surface area contributed by atoms with Gasteiger partial charge >= 0.3 is 5.70 Å². The molecule has 58 valence electrons. The highest BCUT2D eigenvalue weighted by atomic mass is 16.6. The van der Waals surface area contributed by atoms with E-state index in [9.17, 15) is 10.1 Å². The Kier molecular flexibility index (Phi) is 3.31. The molecule has 0 unspecified atom stereocenters. The average Bonchev–Trinajstić information content (AvgIpc) is 1.98. The Morgan fingerprint density at radius 2 is 2.45 bits per heavy atom. The third kappa shape index (κ3) is 2.45. The van der Waals surface area contributed by atoms with Crippen molar-refractivity contribution in [2.24, 2.45) is 10.7 Å². The molecule has 11 heavy (non-hydrogen) atoms. The molecule has 0 aromatic rings. The lowest BCUT2D eigenvalue weighted by molar-refractivity contribution is -0.415. The van der Waals surface area contributed by atoms with Gasteiger partial charge in [0, 0.05) is 7.05 Å². The van der Waals surface area contributed by atoms with Crippen molar-refractivity contribution >= 4 is 6.21 Å². The van der Waals surface area contributed by atoms with Gasteiger partial charge in [-0.2, -0.15) is 5.26 Å². The summed E-state index contributed by atoms with van der Waals surface area (Å²) in [5.74, 6) is 0. The molecule has 6 heteroatoms. The molecule has 0 radical (unpaired) electrons. The number of nitriles is 1. The molecule has 0 fully saturated rings. The maximum absolute atomic E-state index is 10.1. The molecule has 0 aliphatic carbocycles. The van der Waals surface area contributed by atoms with Crippen LogP contribution in [0.5, 0.6) is 0 Å². The van der Waals surface area contributed by atoms with Gasteiger partial charge in [-0.3, -0.25) is 15.1 Å². The van der Waals surface area contributed by atoms with Gasteiger partial charge in [0.05, 0.1) is 4.92 Å². The second-order valence-corrected chi connectivity index (χ2v) is 1.56. The van der Waals surface area contributed by atoms with Gasteiger partial charge in [0.2, 0.25) is 0 Å². The molecule has 0 amide bonds. The molecule has 0 heterocycles. The molecule has 0 aliphatic heterocycles. The van der Waals surface area contributed by atoms with E-state index in [2.05, 4.69) is 4.99 Å². The van der Waals surface area contributed by atoms with E-state index >= 15 is 0 Å². The van der Waals surface area contributed by atoms with Gasteiger partial charge in [-0.05, 0) is 0 Å². The molecule has 0 saturated heterocycles. The Bertz CT molecular complexity index is 260. The zero-order valence-corrected chi connectivity index (χ0v) is 5.81. The van der Waals surface area contributed by atoms with E-state index in [1.54, 1.807) is 0 Å². The second kappa shape index (κ2) is 4.00. The molecule has 0 aliphatic rings. The fraction of sp³-hybridized carbons (Fsp3) is 0.200. The van der Waals surface area contributed by atoms with Crippen LogP contribution in [-0.2, 0) is 0 Å². The van der Waals surface area contributed by atoms with Crippen LogP contribution in [0.2, 0.25) is 0 Å². The van der Waals surface area contributed by atoms with Crippen LogP contribution in [0.1, 0.15) is 0 Å². The zero-order valence-electron chi connectivity index (χ0n) is 5.81. The highest BCUT2D eigenvalue weighted by Gasteiger charge is 2.12. The van der Waals surface area contributed by atoms with Gasteiger partial charge in [-0.1, -0.05) is 0 Å². The Labute approximate surface area is 62.8 Å². The molecular weight excluding hydrogens is 148 g/mol. The minimum atomic E-state index is -0.758. The van der Waals surface area contributed by atoms with Gasteiger partial charge < -0.3 is 5.73 Å². The van der Waals surface area contributed by atoms with E-state index in [4.69, 9.17) is 11.0 Å². The first kappa shape index (κ1) is 9.10. The lowest BCUT2D eigenvalue weighted by Crippen LogP contribution is -2.09. The quantitative estimate of drug-likeness (QED) is 0.254. The highest BCUT2D eigenvalue weighted by molar-refractivity contribution is 5.77. The summed E-state index contributed by atoms with van der Waals surface area (Å²) in [6.07, 6.45) is 0.929. The number of nitrogens with two attached hydrogens (primary N) is 1. The molecule has 0 bridgehead atoms. The molecule has 0 atom stereocenters. The van der Waals surface area contributed by atoms with Crippen molar-refractivity contribution in [2.45, 2.75) is 0 Å². The standard InChI is InChI=1S/C5H6N4O2/c1-8-3-5(9(10)11)4(7)2-6/h3H,7H2,1H3. The predicted octanol–water partition coefficient (Wildman–Crippen LogP) is -0.342. The number of nitrogens with zero attached hydrogens (tertiary/aromatic N) is 3. The third-order valence-corrected chi connectivity index (χ3v) is 0.844. The van der Waals surface area contributed by atoms with E-state index in [-0.39, 0.29) is 0 Å². The van der Waals surface area contributed by atoms with Crippen molar-refractivity contribution in [1.29, 1.82) is 5.26 Å². The predicted molar refractivity (Wildman–Crippen MR) is 38.2 cm³/mol. The minimum Gasteiger partial charge on any atom is -0.384 e. The maximum Gasteiger partial charge on any atom is 0.320 e. The van der Waals surface area contributed by atoms with Crippen molar-refractivity contribution in [3.8, 4) is 6.07 Å². The normalized spacial score (nSPS) is 12.4. The van der Waals surface area contributed by atoms with Gasteiger partial charge in [-0.15, -0.1) is 0 Å². The smallest absolute Gasteiger partial charge is 0.320 e. The molecule has 0 aromatic carbocycles. The summed E-state index contributed by atoms with van der Waals surface area (Å²) in [4.78, 5) is 12.7. The van der Waals surface area contributed by atoms with Crippen molar-refractivity contribution in [3.05, 3.63) is 21.5 Å². The van der Waals surface area contributed by atoms with Crippen molar-refractivity contribution in [3.63, 3.8) is 0 Å². The lowest BCUT2D eigenvalue weighted by atomic mass is 10.4. The van der Waals surface area contributed by atoms with E-state index in [0.717, 1.165) is 6.21 Å². The monoisotopic (exact) mass is 154 g/mol. The summed E-state index contributed by atoms with van der Waals surface area (Å²) >= 11 is 0. The largest absolute Gasteiger partial charge is 0.384 e. The first-order valence-electron chi connectivity index (χ1n) is 2.60. The van der Waals surface area contributed by atoms with Crippen LogP contribution in [0.3, 0.4) is 0 Å². The molecule has 0 rings (SSSR count). The number of rotatable bonds is 2. The first-order valence-corrected chi connectivity index (χ1v) is 2.60. The third-order valence-electron chi connectivity index (χ3n) is 0.844. The van der Waals surface area contributed by atoms with Gasteiger partial charge in [0.25, 0.3) is 0 Å². The van der Waals surface area contributed by atoms with Crippen molar-refractivity contribution in [1.82, 2.24) is 0 Å². The fourth-order valence-electron chi connectivity index (χ4n) is 0.395. The highest BCUT2D eigenvalue weighted by Crippen LogP contribution is 1.94. The Balaban J connectivity index is 4.92. The van der Waals surface area contributed by atoms with Crippen molar-refractivity contribution < 1.29 is 4.92 Å². The number of hydrogen-bond donors (Lipinski definition) is 1. The molecule has 0 saturated carbocycles. The van der Waals surface area contributed by atoms with E-state index in [1.807, 2.05) is 0 Å². The Morgan fingerprint density at radius 3 is 2.73 bits per heavy atom. The van der Waals surface area contributed by atoms with Crippen LogP contribution in [0.4, 0.5) is 0 Å². The maximum atomic E-state index is 10.1. The number of allylic oxidation sites excluding steroid dienone is 2. The zero-order chi connectivity index (χ0) is 8.85. The molecule has 2 N–H and O–H groups in total. The van der Waals surface area contributed by atoms with Crippen molar-refractivity contribution in [2.75, 3.05) is 7.05 Å². The average molecular weight is 154 g/mol. The number of nitro groups is 1. The topological polar surface area (TPSA) is 105 Å². The SMILES string of the molecule is CN=CC(=C(N)C#N)[N+](=O)[O-]. The second-order valence-electron chi connectivity index (χ2n) is 1.56. The van der Waals surface area contributed by atoms with Gasteiger partial charge in [0.15, 0.2) is 5.70 Å². The molecule has 0 spiro atoms. The van der Waals surface area contributed by atoms with Gasteiger partial charge in [-0.25, -0.2) is 0 Å². The lowest BCUT2D eigenvalue weighted by Gasteiger charge is -1.89. The van der Waals surface area contributed by atoms with Crippen LogP contribution < -0.4 is 5.73 Å². The summed E-state index contributed by atoms with van der Waals surface area (Å²) in [5, 5.41) is 18.3. The van der Waals surface area contributed by atoms with Crippen LogP contribution >= 0.6 is 0 Å². The van der Waals surface area contributed by atoms with E-state index < -0.39 is 16.3 Å². The molecular formula is C5H6N4O2. The summed E-state index contributed by atoms with van der Waals surface area (Å²) in [7, 11) is 1.36. The first-order chi connectivity index (χ1) is 5.13. The summed E-state index contributed by atoms with van der Waals surface area (Å²) in [6, 6.07) is 1.46. The van der Waals surface area contributed by atoms with E-state index in [1.165, 1.54) is 13.1 Å². The van der Waals surface area contributed by atoms with Crippen LogP contribution in [-0.4, -0.2) is 18.2 Å². The molecule has 0 aromatic heterocycles. The number of aliphatic imine (C=N–C) groups is 1. The van der Waals surface area contributed by atoms with E-state index in [0.29, 0.717) is 0 Å². The summed E-state index contributed by atoms with van der Waals surface area (Å²) in [6.45, 7) is 0. The molecule has 6 nitrogen and oxygen atoms in total. The summed E-state index contributed by atoms with van der Waals surface area (Å²) < 4.78 is 0. The number of hydrogen-bond acceptors (Lipinski definition) is 5. The van der Waals surface area contributed by atoms with Crippen LogP contribution in [0.25, 0.3) is 0 Å². The van der Waals surface area contributed by atoms with Gasteiger partial charge in [0.1, 0.15) is 12.3 Å². The fourth-order valence-corrected chi connectivity index (χ4v) is 0.395. The Hall–Kier alpha value is -1.90.